The molecule has 3 nitrogen and oxygen atoms in total. The third-order valence-corrected chi connectivity index (χ3v) is 4.47. The molecule has 6 heteroatoms. The maximum Gasteiger partial charge on any atom is 0.416 e. The molecular formula is C20H24F3N2O+. The van der Waals surface area contributed by atoms with Crippen LogP contribution in [0, 0.1) is 0 Å². The number of carbonyl (C=O) groups excluding carboxylic acids is 1. The van der Waals surface area contributed by atoms with Gasteiger partial charge in [0.2, 0.25) is 0 Å². The lowest BCUT2D eigenvalue weighted by atomic mass is 10.1. The molecule has 0 heterocycles. The van der Waals surface area contributed by atoms with Crippen molar-refractivity contribution in [3.63, 3.8) is 0 Å². The van der Waals surface area contributed by atoms with Crippen LogP contribution in [-0.2, 0) is 19.3 Å². The van der Waals surface area contributed by atoms with Gasteiger partial charge in [-0.1, -0.05) is 24.3 Å². The van der Waals surface area contributed by atoms with Gasteiger partial charge < -0.3 is 10.2 Å². The van der Waals surface area contributed by atoms with E-state index in [1.54, 1.807) is 0 Å². The number of alkyl halides is 3. The van der Waals surface area contributed by atoms with Crippen molar-refractivity contribution < 1.29 is 22.9 Å². The number of nitrogens with one attached hydrogen (secondary N) is 2. The number of amides is 1. The van der Waals surface area contributed by atoms with Gasteiger partial charge in [-0.15, -0.1) is 0 Å². The first kappa shape index (κ1) is 20.0. The van der Waals surface area contributed by atoms with E-state index in [2.05, 4.69) is 19.2 Å². The molecule has 0 spiro atoms. The molecule has 0 unspecified atom stereocenters. The Bertz CT molecular complexity index is 723. The van der Waals surface area contributed by atoms with Gasteiger partial charge in [0.15, 0.2) is 0 Å². The monoisotopic (exact) mass is 365 g/mol. The van der Waals surface area contributed by atoms with E-state index in [9.17, 15) is 18.0 Å². The second-order valence-electron chi connectivity index (χ2n) is 6.16. The van der Waals surface area contributed by atoms with E-state index in [0.29, 0.717) is 6.54 Å². The van der Waals surface area contributed by atoms with Crippen molar-refractivity contribution >= 4 is 5.91 Å². The maximum atomic E-state index is 12.6. The third kappa shape index (κ3) is 5.33. The number of rotatable bonds is 7. The lowest BCUT2D eigenvalue weighted by Gasteiger charge is -2.18. The van der Waals surface area contributed by atoms with Gasteiger partial charge >= 0.3 is 6.18 Å². The Morgan fingerprint density at radius 2 is 1.54 bits per heavy atom. The van der Waals surface area contributed by atoms with E-state index in [-0.39, 0.29) is 11.5 Å². The number of halogens is 3. The summed E-state index contributed by atoms with van der Waals surface area (Å²) in [6.45, 7) is 7.52. The topological polar surface area (TPSA) is 33.5 Å². The summed E-state index contributed by atoms with van der Waals surface area (Å²) >= 11 is 0. The van der Waals surface area contributed by atoms with Crippen LogP contribution in [0.25, 0.3) is 0 Å². The van der Waals surface area contributed by atoms with Crippen molar-refractivity contribution in [2.75, 3.05) is 13.1 Å². The molecule has 2 aromatic rings. The summed E-state index contributed by atoms with van der Waals surface area (Å²) in [6, 6.07) is 12.1. The molecule has 1 amide bonds. The fourth-order valence-electron chi connectivity index (χ4n) is 2.76. The largest absolute Gasteiger partial charge is 0.416 e. The highest BCUT2D eigenvalue weighted by atomic mass is 19.4. The summed E-state index contributed by atoms with van der Waals surface area (Å²) in [4.78, 5) is 13.7. The van der Waals surface area contributed by atoms with Gasteiger partial charge in [0.05, 0.1) is 18.7 Å². The molecule has 0 fully saturated rings. The molecule has 0 atom stereocenters. The number of benzene rings is 2. The van der Waals surface area contributed by atoms with Crippen molar-refractivity contribution in [1.82, 2.24) is 5.32 Å². The van der Waals surface area contributed by atoms with Crippen LogP contribution in [0.15, 0.2) is 48.5 Å². The van der Waals surface area contributed by atoms with Crippen LogP contribution in [0.4, 0.5) is 13.2 Å². The third-order valence-electron chi connectivity index (χ3n) is 4.47. The Labute approximate surface area is 151 Å². The zero-order valence-corrected chi connectivity index (χ0v) is 15.0. The van der Waals surface area contributed by atoms with Crippen molar-refractivity contribution in [1.29, 1.82) is 0 Å². The van der Waals surface area contributed by atoms with Crippen LogP contribution < -0.4 is 10.2 Å². The molecule has 0 saturated heterocycles. The first-order valence-electron chi connectivity index (χ1n) is 8.71. The average molecular weight is 365 g/mol. The minimum absolute atomic E-state index is 0.213. The predicted molar refractivity (Wildman–Crippen MR) is 94.8 cm³/mol. The Balaban J connectivity index is 2.03. The van der Waals surface area contributed by atoms with Crippen LogP contribution in [-0.4, -0.2) is 19.0 Å². The minimum atomic E-state index is -4.40. The lowest BCUT2D eigenvalue weighted by molar-refractivity contribution is -0.910. The second-order valence-corrected chi connectivity index (χ2v) is 6.16. The molecule has 0 aliphatic rings. The molecule has 26 heavy (non-hydrogen) atoms. The van der Waals surface area contributed by atoms with Gasteiger partial charge in [-0.05, 0) is 43.7 Å². The molecule has 2 aromatic carbocycles. The van der Waals surface area contributed by atoms with Gasteiger partial charge in [0, 0.05) is 17.7 Å². The Morgan fingerprint density at radius 3 is 2.08 bits per heavy atom. The molecule has 2 N–H and O–H groups in total. The summed E-state index contributed by atoms with van der Waals surface area (Å²) in [5.74, 6) is -0.385. The van der Waals surface area contributed by atoms with E-state index >= 15 is 0 Å². The molecule has 0 aromatic heterocycles. The average Bonchev–Trinajstić information content (AvgIpc) is 2.64. The number of carbonyl (C=O) groups is 1. The van der Waals surface area contributed by atoms with E-state index in [4.69, 9.17) is 0 Å². The van der Waals surface area contributed by atoms with Crippen molar-refractivity contribution in [3.05, 3.63) is 70.8 Å². The predicted octanol–water partition coefficient (Wildman–Crippen LogP) is 3.06. The van der Waals surface area contributed by atoms with E-state index in [1.807, 2.05) is 24.3 Å². The summed E-state index contributed by atoms with van der Waals surface area (Å²) in [7, 11) is 0. The van der Waals surface area contributed by atoms with Crippen LogP contribution >= 0.6 is 0 Å². The summed E-state index contributed by atoms with van der Waals surface area (Å²) in [5, 5.41) is 2.79. The zero-order valence-electron chi connectivity index (χ0n) is 15.0. The quantitative estimate of drug-likeness (QED) is 0.777. The first-order valence-corrected chi connectivity index (χ1v) is 8.71. The fraction of sp³-hybridized carbons (Fsp3) is 0.350. The Morgan fingerprint density at radius 1 is 0.962 bits per heavy atom. The van der Waals surface area contributed by atoms with Gasteiger partial charge in [0.25, 0.3) is 5.91 Å². The summed E-state index contributed by atoms with van der Waals surface area (Å²) < 4.78 is 37.8. The highest BCUT2D eigenvalue weighted by Crippen LogP contribution is 2.29. The molecule has 2 rings (SSSR count). The minimum Gasteiger partial charge on any atom is -0.348 e. The van der Waals surface area contributed by atoms with Crippen molar-refractivity contribution in [3.8, 4) is 0 Å². The Kier molecular flexibility index (Phi) is 6.80. The molecule has 140 valence electrons. The molecule has 0 saturated carbocycles. The number of quaternary nitrogens is 1. The zero-order chi connectivity index (χ0) is 19.2. The van der Waals surface area contributed by atoms with Gasteiger partial charge in [-0.3, -0.25) is 4.79 Å². The number of hydrogen-bond acceptors (Lipinski definition) is 1. The fourth-order valence-corrected chi connectivity index (χ4v) is 2.76. The van der Waals surface area contributed by atoms with Crippen molar-refractivity contribution in [2.45, 2.75) is 33.1 Å². The van der Waals surface area contributed by atoms with Gasteiger partial charge in [-0.2, -0.15) is 13.2 Å². The second kappa shape index (κ2) is 8.85. The van der Waals surface area contributed by atoms with Crippen LogP contribution in [0.2, 0.25) is 0 Å². The first-order chi connectivity index (χ1) is 12.3. The molecule has 0 bridgehead atoms. The SMILES string of the molecule is CC[NH+](CC)Cc1ccccc1CNC(=O)c1ccc(C(F)(F)F)cc1. The van der Waals surface area contributed by atoms with Gasteiger partial charge in [-0.25, -0.2) is 0 Å². The summed E-state index contributed by atoms with van der Waals surface area (Å²) in [5.41, 5.74) is 1.64. The Hall–Kier alpha value is -2.34. The highest BCUT2D eigenvalue weighted by Gasteiger charge is 2.30. The van der Waals surface area contributed by atoms with E-state index in [1.165, 1.54) is 22.6 Å². The molecule has 0 aliphatic heterocycles. The summed E-state index contributed by atoms with van der Waals surface area (Å²) in [6.07, 6.45) is -4.40. The van der Waals surface area contributed by atoms with Crippen molar-refractivity contribution in [2.24, 2.45) is 0 Å². The van der Waals surface area contributed by atoms with Crippen LogP contribution in [0.1, 0.15) is 40.9 Å². The van der Waals surface area contributed by atoms with E-state index < -0.39 is 11.7 Å². The molecule has 0 aliphatic carbocycles. The smallest absolute Gasteiger partial charge is 0.348 e. The molecular weight excluding hydrogens is 341 g/mol. The molecule has 0 radical (unpaired) electrons. The normalized spacial score (nSPS) is 11.6. The standard InChI is InChI=1S/C20H23F3N2O/c1-3-25(4-2)14-17-8-6-5-7-16(17)13-24-19(26)15-9-11-18(12-10-15)20(21,22)23/h5-12H,3-4,13-14H2,1-2H3,(H,24,26)/p+1. The lowest BCUT2D eigenvalue weighted by Crippen LogP contribution is -3.10. The highest BCUT2D eigenvalue weighted by molar-refractivity contribution is 5.94. The van der Waals surface area contributed by atoms with Crippen LogP contribution in [0.3, 0.4) is 0 Å². The maximum absolute atomic E-state index is 12.6. The van der Waals surface area contributed by atoms with Crippen LogP contribution in [0.5, 0.6) is 0 Å². The van der Waals surface area contributed by atoms with E-state index in [0.717, 1.165) is 37.3 Å². The number of hydrogen-bond donors (Lipinski definition) is 2. The van der Waals surface area contributed by atoms with Gasteiger partial charge in [0.1, 0.15) is 6.54 Å².